The van der Waals surface area contributed by atoms with E-state index >= 15 is 0 Å². The van der Waals surface area contributed by atoms with Crippen LogP contribution in [-0.2, 0) is 12.8 Å². The first-order valence-corrected chi connectivity index (χ1v) is 6.02. The van der Waals surface area contributed by atoms with Gasteiger partial charge in [-0.25, -0.2) is 0 Å². The van der Waals surface area contributed by atoms with Gasteiger partial charge in [0.2, 0.25) is 0 Å². The lowest BCUT2D eigenvalue weighted by Crippen LogP contribution is -1.87. The van der Waals surface area contributed by atoms with Gasteiger partial charge in [0.05, 0.1) is 7.11 Å². The zero-order valence-corrected chi connectivity index (χ0v) is 10.2. The van der Waals surface area contributed by atoms with E-state index in [4.69, 9.17) is 4.74 Å². The van der Waals surface area contributed by atoms with Crippen LogP contribution in [0.15, 0.2) is 41.6 Å². The van der Waals surface area contributed by atoms with E-state index < -0.39 is 0 Å². The molecule has 1 aromatic carbocycles. The van der Waals surface area contributed by atoms with Crippen molar-refractivity contribution in [2.75, 3.05) is 7.11 Å². The molecule has 0 spiro atoms. The third-order valence-corrected chi connectivity index (χ3v) is 3.23. The average Bonchev–Trinajstić information content (AvgIpc) is 2.73. The normalized spacial score (nSPS) is 10.4. The fourth-order valence-electron chi connectivity index (χ4n) is 1.35. The van der Waals surface area contributed by atoms with Gasteiger partial charge in [0.1, 0.15) is 10.8 Å². The van der Waals surface area contributed by atoms with E-state index in [0.29, 0.717) is 0 Å². The maximum absolute atomic E-state index is 5.11. The van der Waals surface area contributed by atoms with Gasteiger partial charge in [-0.3, -0.25) is 4.68 Å². The topological polar surface area (TPSA) is 27.1 Å². The summed E-state index contributed by atoms with van der Waals surface area (Å²) in [5.74, 6) is 1.83. The van der Waals surface area contributed by atoms with Crippen LogP contribution in [-0.4, -0.2) is 16.9 Å². The van der Waals surface area contributed by atoms with Crippen LogP contribution in [0, 0.1) is 0 Å². The maximum atomic E-state index is 5.11. The molecule has 3 nitrogen and oxygen atoms in total. The van der Waals surface area contributed by atoms with Crippen molar-refractivity contribution in [2.45, 2.75) is 10.8 Å². The molecule has 4 heteroatoms. The third kappa shape index (κ3) is 2.79. The van der Waals surface area contributed by atoms with Crippen molar-refractivity contribution >= 4 is 11.8 Å². The van der Waals surface area contributed by atoms with Gasteiger partial charge in [-0.15, -0.1) is 0 Å². The Kier molecular flexibility index (Phi) is 3.51. The standard InChI is InChI=1S/C12H14N2OS/c1-14-8-7-12(13-14)16-9-10-3-5-11(15-2)6-4-10/h3-8H,9H2,1-2H3. The molecule has 0 bridgehead atoms. The number of ether oxygens (including phenoxy) is 1. The summed E-state index contributed by atoms with van der Waals surface area (Å²) in [4.78, 5) is 0. The SMILES string of the molecule is COc1ccc(CSc2ccn(C)n2)cc1. The Hall–Kier alpha value is -1.42. The second-order valence-electron chi connectivity index (χ2n) is 3.46. The summed E-state index contributed by atoms with van der Waals surface area (Å²) in [6.45, 7) is 0. The minimum atomic E-state index is 0.895. The lowest BCUT2D eigenvalue weighted by atomic mass is 10.2. The van der Waals surface area contributed by atoms with Gasteiger partial charge in [-0.2, -0.15) is 5.10 Å². The van der Waals surface area contributed by atoms with Crippen molar-refractivity contribution in [3.05, 3.63) is 42.1 Å². The highest BCUT2D eigenvalue weighted by Crippen LogP contribution is 2.21. The van der Waals surface area contributed by atoms with E-state index in [9.17, 15) is 0 Å². The molecule has 16 heavy (non-hydrogen) atoms. The van der Waals surface area contributed by atoms with Crippen LogP contribution in [0.3, 0.4) is 0 Å². The summed E-state index contributed by atoms with van der Waals surface area (Å²) in [6.07, 6.45) is 1.95. The number of methoxy groups -OCH3 is 1. The molecule has 1 aromatic heterocycles. The van der Waals surface area contributed by atoms with Gasteiger partial charge in [0.15, 0.2) is 0 Å². The Morgan fingerprint density at radius 3 is 2.56 bits per heavy atom. The van der Waals surface area contributed by atoms with Gasteiger partial charge >= 0.3 is 0 Å². The lowest BCUT2D eigenvalue weighted by Gasteiger charge is -2.02. The predicted octanol–water partition coefficient (Wildman–Crippen LogP) is 2.72. The number of aryl methyl sites for hydroxylation is 1. The van der Waals surface area contributed by atoms with Crippen LogP contribution in [0.1, 0.15) is 5.56 Å². The summed E-state index contributed by atoms with van der Waals surface area (Å²) >= 11 is 1.74. The Bertz CT molecular complexity index is 450. The quantitative estimate of drug-likeness (QED) is 0.761. The zero-order chi connectivity index (χ0) is 11.4. The summed E-state index contributed by atoms with van der Waals surface area (Å²) in [5, 5.41) is 5.37. The van der Waals surface area contributed by atoms with E-state index in [1.807, 2.05) is 36.1 Å². The van der Waals surface area contributed by atoms with Gasteiger partial charge in [-0.1, -0.05) is 23.9 Å². The molecule has 0 N–H and O–H groups in total. The average molecular weight is 234 g/mol. The van der Waals surface area contributed by atoms with Crippen LogP contribution in [0.2, 0.25) is 0 Å². The fourth-order valence-corrected chi connectivity index (χ4v) is 2.20. The number of rotatable bonds is 4. The predicted molar refractivity (Wildman–Crippen MR) is 65.8 cm³/mol. The van der Waals surface area contributed by atoms with Crippen molar-refractivity contribution in [3.8, 4) is 5.75 Å². The van der Waals surface area contributed by atoms with E-state index in [2.05, 4.69) is 17.2 Å². The van der Waals surface area contributed by atoms with Crippen LogP contribution in [0.4, 0.5) is 0 Å². The summed E-state index contributed by atoms with van der Waals surface area (Å²) in [7, 11) is 3.61. The lowest BCUT2D eigenvalue weighted by molar-refractivity contribution is 0.414. The van der Waals surface area contributed by atoms with E-state index in [-0.39, 0.29) is 0 Å². The fraction of sp³-hybridized carbons (Fsp3) is 0.250. The van der Waals surface area contributed by atoms with Crippen molar-refractivity contribution in [1.29, 1.82) is 0 Å². The molecule has 0 saturated carbocycles. The molecule has 0 aliphatic rings. The molecule has 84 valence electrons. The Labute approximate surface area is 99.4 Å². The van der Waals surface area contributed by atoms with Gasteiger partial charge in [0, 0.05) is 19.0 Å². The second-order valence-corrected chi connectivity index (χ2v) is 4.46. The minimum absolute atomic E-state index is 0.895. The molecule has 1 heterocycles. The molecule has 2 aromatic rings. The second kappa shape index (κ2) is 5.07. The largest absolute Gasteiger partial charge is 0.497 e. The van der Waals surface area contributed by atoms with Crippen molar-refractivity contribution < 1.29 is 4.74 Å². The van der Waals surface area contributed by atoms with Gasteiger partial charge < -0.3 is 4.74 Å². The van der Waals surface area contributed by atoms with E-state index in [1.165, 1.54) is 5.56 Å². The molecule has 0 saturated heterocycles. The van der Waals surface area contributed by atoms with Crippen molar-refractivity contribution in [1.82, 2.24) is 9.78 Å². The van der Waals surface area contributed by atoms with Gasteiger partial charge in [-0.05, 0) is 23.8 Å². The third-order valence-electron chi connectivity index (χ3n) is 2.23. The number of hydrogen-bond donors (Lipinski definition) is 0. The first kappa shape index (κ1) is 11.1. The highest BCUT2D eigenvalue weighted by molar-refractivity contribution is 7.98. The smallest absolute Gasteiger partial charge is 0.118 e. The summed E-state index contributed by atoms with van der Waals surface area (Å²) in [6, 6.07) is 10.1. The Balaban J connectivity index is 1.94. The molecule has 0 aliphatic carbocycles. The van der Waals surface area contributed by atoms with Crippen LogP contribution in [0.5, 0.6) is 5.75 Å². The molecule has 0 atom stereocenters. The van der Waals surface area contributed by atoms with Crippen molar-refractivity contribution in [3.63, 3.8) is 0 Å². The maximum Gasteiger partial charge on any atom is 0.118 e. The molecule has 0 unspecified atom stereocenters. The first-order chi connectivity index (χ1) is 7.78. The monoisotopic (exact) mass is 234 g/mol. The van der Waals surface area contributed by atoms with Crippen LogP contribution >= 0.6 is 11.8 Å². The van der Waals surface area contributed by atoms with Crippen molar-refractivity contribution in [2.24, 2.45) is 7.05 Å². The Morgan fingerprint density at radius 1 is 1.25 bits per heavy atom. The number of aromatic nitrogens is 2. The van der Waals surface area contributed by atoms with E-state index in [1.54, 1.807) is 18.9 Å². The minimum Gasteiger partial charge on any atom is -0.497 e. The summed E-state index contributed by atoms with van der Waals surface area (Å²) < 4.78 is 6.93. The van der Waals surface area contributed by atoms with Gasteiger partial charge in [0.25, 0.3) is 0 Å². The molecule has 0 fully saturated rings. The highest BCUT2D eigenvalue weighted by Gasteiger charge is 1.99. The molecule has 0 aliphatic heterocycles. The highest BCUT2D eigenvalue weighted by atomic mass is 32.2. The van der Waals surface area contributed by atoms with E-state index in [0.717, 1.165) is 16.5 Å². The Morgan fingerprint density at radius 2 is 2.00 bits per heavy atom. The summed E-state index contributed by atoms with van der Waals surface area (Å²) in [5.41, 5.74) is 1.27. The van der Waals surface area contributed by atoms with Crippen LogP contribution in [0.25, 0.3) is 0 Å². The number of thioether (sulfide) groups is 1. The molecular formula is C12H14N2OS. The molecule has 0 amide bonds. The molecule has 2 rings (SSSR count). The molecule has 0 radical (unpaired) electrons. The number of nitrogens with zero attached hydrogens (tertiary/aromatic N) is 2. The number of hydrogen-bond acceptors (Lipinski definition) is 3. The van der Waals surface area contributed by atoms with Crippen LogP contribution < -0.4 is 4.74 Å². The first-order valence-electron chi connectivity index (χ1n) is 5.03. The zero-order valence-electron chi connectivity index (χ0n) is 9.38. The number of benzene rings is 1. The molecular weight excluding hydrogens is 220 g/mol.